The molecule has 0 saturated heterocycles. The predicted molar refractivity (Wildman–Crippen MR) is 215 cm³/mol. The van der Waals surface area contributed by atoms with Crippen LogP contribution in [0, 0.1) is 0 Å². The third-order valence-corrected chi connectivity index (χ3v) is 7.36. The number of hydrogen-bond acceptors (Lipinski definition) is 6. The van der Waals surface area contributed by atoms with E-state index in [-0.39, 0.29) is 43.1 Å². The molecule has 0 saturated carbocycles. The summed E-state index contributed by atoms with van der Waals surface area (Å²) in [7, 11) is 5.45. The van der Waals surface area contributed by atoms with E-state index in [1.165, 1.54) is 0 Å². The second-order valence-electron chi connectivity index (χ2n) is 13.0. The van der Waals surface area contributed by atoms with Gasteiger partial charge in [-0.2, -0.15) is 0 Å². The molecule has 2 unspecified atom stereocenters. The summed E-state index contributed by atoms with van der Waals surface area (Å²) in [4.78, 5) is 36.8. The van der Waals surface area contributed by atoms with Crippen LogP contribution in [0.2, 0.25) is 0 Å². The molecule has 0 amide bonds. The molecule has 0 fully saturated rings. The molecule has 0 heterocycles. The van der Waals surface area contributed by atoms with E-state index >= 15 is 0 Å². The van der Waals surface area contributed by atoms with Gasteiger partial charge in [-0.25, -0.2) is 4.79 Å². The van der Waals surface area contributed by atoms with Crippen molar-refractivity contribution in [2.24, 2.45) is 0 Å². The number of ether oxygens (including phenoxy) is 3. The summed E-state index contributed by atoms with van der Waals surface area (Å²) in [5.41, 5.74) is 0. The van der Waals surface area contributed by atoms with Crippen molar-refractivity contribution >= 4 is 17.9 Å². The number of rotatable bonds is 30. The summed E-state index contributed by atoms with van der Waals surface area (Å²) in [5.74, 6) is -1.65. The highest BCUT2D eigenvalue weighted by molar-refractivity contribution is 5.72. The summed E-state index contributed by atoms with van der Waals surface area (Å²) in [5, 5.41) is 9.58. The average Bonchev–Trinajstić information content (AvgIpc) is 3.09. The van der Waals surface area contributed by atoms with Crippen LogP contribution in [-0.4, -0.2) is 80.6 Å². The second kappa shape index (κ2) is 33.9. The number of hydrogen-bond donors (Lipinski definition) is 1. The Labute approximate surface area is 314 Å². The lowest BCUT2D eigenvalue weighted by molar-refractivity contribution is -0.887. The highest BCUT2D eigenvalue weighted by Gasteiger charge is 2.31. The van der Waals surface area contributed by atoms with Gasteiger partial charge in [0, 0.05) is 19.3 Å². The van der Waals surface area contributed by atoms with Crippen LogP contribution in [0.15, 0.2) is 122 Å². The number of likely N-dealkylation sites (N-methyl/N-ethyl adjacent to an activating group) is 1. The second-order valence-corrected chi connectivity index (χ2v) is 13.0. The predicted octanol–water partition coefficient (Wildman–Crippen LogP) is 9.51. The minimum atomic E-state index is -0.901. The summed E-state index contributed by atoms with van der Waals surface area (Å²) >= 11 is 0. The Morgan fingerprint density at radius 1 is 0.577 bits per heavy atom. The lowest BCUT2D eigenvalue weighted by Gasteiger charge is -2.31. The molecule has 0 aromatic heterocycles. The zero-order valence-electron chi connectivity index (χ0n) is 32.4. The van der Waals surface area contributed by atoms with E-state index in [0.29, 0.717) is 25.7 Å². The van der Waals surface area contributed by atoms with Crippen molar-refractivity contribution in [3.8, 4) is 0 Å². The SMILES string of the molecule is CC/C=C/C=C/C=C/C=C/C=C/CCCCCC(=O)OCC(COCCC(C(=O)O)[N+](C)(C)C)OC(=O)CCC/C=C/C=C/C=C/C=C/C=C/CC. The van der Waals surface area contributed by atoms with Gasteiger partial charge in [-0.1, -0.05) is 142 Å². The van der Waals surface area contributed by atoms with Crippen molar-refractivity contribution < 1.29 is 38.2 Å². The number of carboxylic acids is 1. The standard InChI is InChI=1S/C44H65NO7/c1-6-8-10-12-14-16-18-20-21-23-24-26-28-30-32-34-42(46)51-39-40(38-50-37-36-41(44(48)49)45(3,4)5)52-43(47)35-33-31-29-27-25-22-19-17-15-13-11-9-7-2/h8-25,27,29,40-41H,6-7,26,28,30-39H2,1-5H3/p+1/b10-8+,11-9+,14-12+,15-13+,18-16+,19-17+,21-20+,24-23+,25-22+,29-27+. The average molecular weight is 721 g/mol. The molecular formula is C44H66NO7+. The third-order valence-electron chi connectivity index (χ3n) is 7.36. The zero-order valence-corrected chi connectivity index (χ0v) is 32.4. The maximum atomic E-state index is 12.6. The first kappa shape index (κ1) is 47.7. The number of carboxylic acid groups (broad SMARTS) is 1. The van der Waals surface area contributed by atoms with Crippen molar-refractivity contribution in [3.63, 3.8) is 0 Å². The molecule has 0 aliphatic heterocycles. The fraction of sp³-hybridized carbons (Fsp3) is 0.477. The van der Waals surface area contributed by atoms with Gasteiger partial charge in [-0.05, 0) is 44.9 Å². The van der Waals surface area contributed by atoms with E-state index in [0.717, 1.165) is 32.1 Å². The Bertz CT molecular complexity index is 1260. The smallest absolute Gasteiger partial charge is 0.362 e. The topological polar surface area (TPSA) is 99.1 Å². The van der Waals surface area contributed by atoms with Crippen molar-refractivity contribution in [2.75, 3.05) is 41.0 Å². The van der Waals surface area contributed by atoms with Gasteiger partial charge >= 0.3 is 17.9 Å². The molecule has 8 nitrogen and oxygen atoms in total. The van der Waals surface area contributed by atoms with Gasteiger partial charge in [0.05, 0.1) is 34.4 Å². The van der Waals surface area contributed by atoms with Crippen LogP contribution >= 0.6 is 0 Å². The summed E-state index contributed by atoms with van der Waals surface area (Å²) in [6, 6.07) is -0.641. The van der Waals surface area contributed by atoms with Gasteiger partial charge in [0.15, 0.2) is 12.1 Å². The van der Waals surface area contributed by atoms with Gasteiger partial charge in [0.25, 0.3) is 0 Å². The summed E-state index contributed by atoms with van der Waals surface area (Å²) in [6.07, 6.45) is 46.9. The summed E-state index contributed by atoms with van der Waals surface area (Å²) in [6.45, 7) is 4.27. The molecule has 2 atom stereocenters. The van der Waals surface area contributed by atoms with Crippen molar-refractivity contribution in [2.45, 2.75) is 96.6 Å². The monoisotopic (exact) mass is 720 g/mol. The number of nitrogens with zero attached hydrogens (tertiary/aromatic N) is 1. The first-order valence-corrected chi connectivity index (χ1v) is 18.7. The molecule has 1 N–H and O–H groups in total. The van der Waals surface area contributed by atoms with Gasteiger partial charge in [-0.15, -0.1) is 0 Å². The number of esters is 2. The Morgan fingerprint density at radius 2 is 1.04 bits per heavy atom. The molecular weight excluding hydrogens is 654 g/mol. The van der Waals surface area contributed by atoms with Crippen LogP contribution in [0.3, 0.4) is 0 Å². The van der Waals surface area contributed by atoms with Gasteiger partial charge in [0.2, 0.25) is 0 Å². The first-order chi connectivity index (χ1) is 25.1. The maximum absolute atomic E-state index is 12.6. The van der Waals surface area contributed by atoms with E-state index in [2.05, 4.69) is 32.1 Å². The van der Waals surface area contributed by atoms with Crippen LogP contribution < -0.4 is 0 Å². The number of quaternary nitrogens is 1. The normalized spacial score (nSPS) is 14.4. The van der Waals surface area contributed by atoms with Crippen molar-refractivity contribution in [1.82, 2.24) is 0 Å². The fourth-order valence-corrected chi connectivity index (χ4v) is 4.49. The minimum absolute atomic E-state index is 0.00831. The lowest BCUT2D eigenvalue weighted by atomic mass is 10.1. The number of allylic oxidation sites excluding steroid dienone is 20. The molecule has 0 spiro atoms. The van der Waals surface area contributed by atoms with Crippen LogP contribution in [0.1, 0.15) is 84.5 Å². The van der Waals surface area contributed by atoms with Crippen LogP contribution in [0.4, 0.5) is 0 Å². The molecule has 0 aliphatic rings. The number of carbonyl (C=O) groups excluding carboxylic acids is 2. The van der Waals surface area contributed by atoms with Crippen LogP contribution in [0.5, 0.6) is 0 Å². The lowest BCUT2D eigenvalue weighted by Crippen LogP contribution is -2.50. The number of aliphatic carboxylic acids is 1. The van der Waals surface area contributed by atoms with E-state index in [9.17, 15) is 19.5 Å². The molecule has 0 rings (SSSR count). The molecule has 52 heavy (non-hydrogen) atoms. The van der Waals surface area contributed by atoms with E-state index in [1.54, 1.807) is 0 Å². The Balaban J connectivity index is 4.68. The molecule has 8 heteroatoms. The van der Waals surface area contributed by atoms with E-state index in [1.807, 2.05) is 124 Å². The van der Waals surface area contributed by atoms with Gasteiger partial charge in [-0.3, -0.25) is 9.59 Å². The molecule has 288 valence electrons. The van der Waals surface area contributed by atoms with E-state index in [4.69, 9.17) is 14.2 Å². The zero-order chi connectivity index (χ0) is 38.5. The fourth-order valence-electron chi connectivity index (χ4n) is 4.49. The summed E-state index contributed by atoms with van der Waals surface area (Å²) < 4.78 is 17.0. The molecule has 0 aromatic rings. The Morgan fingerprint density at radius 3 is 1.52 bits per heavy atom. The minimum Gasteiger partial charge on any atom is -0.477 e. The highest BCUT2D eigenvalue weighted by atomic mass is 16.6. The third kappa shape index (κ3) is 31.7. The Kier molecular flexibility index (Phi) is 31.1. The van der Waals surface area contributed by atoms with Crippen LogP contribution in [0.25, 0.3) is 0 Å². The largest absolute Gasteiger partial charge is 0.477 e. The first-order valence-electron chi connectivity index (χ1n) is 18.7. The highest BCUT2D eigenvalue weighted by Crippen LogP contribution is 2.10. The molecule has 0 radical (unpaired) electrons. The van der Waals surface area contributed by atoms with E-state index < -0.39 is 24.1 Å². The Hall–Kier alpha value is -4.27. The quantitative estimate of drug-likeness (QED) is 0.0342. The maximum Gasteiger partial charge on any atom is 0.362 e. The molecule has 0 bridgehead atoms. The molecule has 0 aliphatic carbocycles. The number of unbranched alkanes of at least 4 members (excludes halogenated alkanes) is 4. The number of carbonyl (C=O) groups is 3. The van der Waals surface area contributed by atoms with Gasteiger partial charge in [0.1, 0.15) is 6.61 Å². The van der Waals surface area contributed by atoms with Crippen molar-refractivity contribution in [1.29, 1.82) is 0 Å². The van der Waals surface area contributed by atoms with Gasteiger partial charge < -0.3 is 23.8 Å². The van der Waals surface area contributed by atoms with Crippen LogP contribution in [-0.2, 0) is 28.6 Å². The van der Waals surface area contributed by atoms with Crippen molar-refractivity contribution in [3.05, 3.63) is 122 Å². The molecule has 0 aromatic carbocycles.